The zero-order valence-corrected chi connectivity index (χ0v) is 20.2. The lowest BCUT2D eigenvalue weighted by Gasteiger charge is -2.36. The summed E-state index contributed by atoms with van der Waals surface area (Å²) in [5.41, 5.74) is 1.47. The Hall–Kier alpha value is -3.99. The van der Waals surface area contributed by atoms with E-state index in [-0.39, 0.29) is 42.7 Å². The number of amides is 3. The average Bonchev–Trinajstić information content (AvgIpc) is 3.42. The van der Waals surface area contributed by atoms with Crippen LogP contribution in [0.4, 0.5) is 4.39 Å². The third-order valence-corrected chi connectivity index (χ3v) is 7.70. The number of nitrogens with one attached hydrogen (secondary N) is 1. The number of aryl methyl sites for hydroxylation is 1. The molecule has 1 aliphatic heterocycles. The Morgan fingerprint density at radius 2 is 1.61 bits per heavy atom. The second-order valence-corrected chi connectivity index (χ2v) is 10.3. The van der Waals surface area contributed by atoms with Crippen LogP contribution in [0.25, 0.3) is 0 Å². The molecule has 0 aliphatic carbocycles. The molecule has 1 aromatic heterocycles. The van der Waals surface area contributed by atoms with Crippen molar-refractivity contribution in [2.45, 2.75) is 17.2 Å². The lowest BCUT2D eigenvalue weighted by Crippen LogP contribution is -2.57. The van der Waals surface area contributed by atoms with Crippen LogP contribution in [0.3, 0.4) is 0 Å². The van der Waals surface area contributed by atoms with Gasteiger partial charge >= 0.3 is 0 Å². The molecule has 1 fully saturated rings. The molecule has 36 heavy (non-hydrogen) atoms. The first-order chi connectivity index (χ1) is 17.2. The molecule has 1 N–H and O–H groups in total. The Morgan fingerprint density at radius 3 is 2.22 bits per heavy atom. The normalized spacial score (nSPS) is 14.8. The van der Waals surface area contributed by atoms with Crippen molar-refractivity contribution in [3.63, 3.8) is 0 Å². The van der Waals surface area contributed by atoms with E-state index in [1.807, 2.05) is 13.0 Å². The molecule has 3 aromatic rings. The highest BCUT2D eigenvalue weighted by molar-refractivity contribution is 7.92. The molecule has 11 heteroatoms. The van der Waals surface area contributed by atoms with Crippen LogP contribution in [-0.4, -0.2) is 67.5 Å². The third kappa shape index (κ3) is 5.30. The summed E-state index contributed by atoms with van der Waals surface area (Å²) < 4.78 is 45.1. The Morgan fingerprint density at radius 1 is 0.944 bits per heavy atom. The summed E-state index contributed by atoms with van der Waals surface area (Å²) >= 11 is 0. The van der Waals surface area contributed by atoms with E-state index in [1.54, 1.807) is 23.1 Å². The van der Waals surface area contributed by atoms with Gasteiger partial charge in [0.2, 0.25) is 15.2 Å². The number of nitrogens with zero attached hydrogens (tertiary/aromatic N) is 2. The van der Waals surface area contributed by atoms with E-state index in [4.69, 9.17) is 4.42 Å². The summed E-state index contributed by atoms with van der Waals surface area (Å²) in [5.74, 6) is -2.76. The molecule has 3 amide bonds. The van der Waals surface area contributed by atoms with Crippen molar-refractivity contribution in [3.05, 3.63) is 89.6 Å². The standard InChI is InChI=1S/C25H24FN3O6S/c1-17-4-2-5-18(16-17)24(31)28-11-13-29(14-12-28)25(32)23(27-22(30)21-6-3-15-35-21)36(33,34)20-9-7-19(26)8-10-20/h2-10,15-16,23H,11-14H2,1H3,(H,27,30). The smallest absolute Gasteiger partial charge is 0.288 e. The SMILES string of the molecule is Cc1cccc(C(=O)N2CCN(C(=O)C(NC(=O)c3ccco3)S(=O)(=O)c3ccc(F)cc3)CC2)c1. The predicted octanol–water partition coefficient (Wildman–Crippen LogP) is 2.24. The molecule has 0 saturated carbocycles. The summed E-state index contributed by atoms with van der Waals surface area (Å²) in [6.45, 7) is 2.40. The predicted molar refractivity (Wildman–Crippen MR) is 127 cm³/mol. The summed E-state index contributed by atoms with van der Waals surface area (Å²) in [6.07, 6.45) is 1.24. The molecule has 9 nitrogen and oxygen atoms in total. The molecule has 188 valence electrons. The maximum absolute atomic E-state index is 13.4. The first kappa shape index (κ1) is 25.1. The number of furan rings is 1. The number of sulfone groups is 1. The molecular weight excluding hydrogens is 489 g/mol. The van der Waals surface area contributed by atoms with Gasteiger partial charge in [-0.25, -0.2) is 12.8 Å². The van der Waals surface area contributed by atoms with Gasteiger partial charge in [-0.3, -0.25) is 14.4 Å². The third-order valence-electron chi connectivity index (χ3n) is 5.83. The van der Waals surface area contributed by atoms with Gasteiger partial charge in [-0.05, 0) is 55.5 Å². The Labute approximate surface area is 207 Å². The van der Waals surface area contributed by atoms with Crippen LogP contribution in [0.1, 0.15) is 26.5 Å². The van der Waals surface area contributed by atoms with Gasteiger partial charge in [0.25, 0.3) is 17.7 Å². The number of carbonyl (C=O) groups excluding carboxylic acids is 3. The molecule has 0 spiro atoms. The first-order valence-electron chi connectivity index (χ1n) is 11.2. The molecule has 4 rings (SSSR count). The molecule has 1 aliphatic rings. The van der Waals surface area contributed by atoms with Crippen LogP contribution in [0.2, 0.25) is 0 Å². The minimum Gasteiger partial charge on any atom is -0.459 e. The minimum atomic E-state index is -4.44. The topological polar surface area (TPSA) is 117 Å². The fourth-order valence-corrected chi connectivity index (χ4v) is 5.35. The van der Waals surface area contributed by atoms with Crippen molar-refractivity contribution in [1.82, 2.24) is 15.1 Å². The van der Waals surface area contributed by atoms with E-state index >= 15 is 0 Å². The molecule has 2 aromatic carbocycles. The van der Waals surface area contributed by atoms with Gasteiger partial charge < -0.3 is 19.5 Å². The van der Waals surface area contributed by atoms with E-state index in [2.05, 4.69) is 5.32 Å². The van der Waals surface area contributed by atoms with Crippen molar-refractivity contribution < 1.29 is 31.6 Å². The second-order valence-electron chi connectivity index (χ2n) is 8.32. The molecule has 1 atom stereocenters. The molecule has 0 radical (unpaired) electrons. The minimum absolute atomic E-state index is 0.0719. The average molecular weight is 514 g/mol. The molecular formula is C25H24FN3O6S. The van der Waals surface area contributed by atoms with Gasteiger partial charge in [0, 0.05) is 31.7 Å². The highest BCUT2D eigenvalue weighted by Crippen LogP contribution is 2.19. The Kier molecular flexibility index (Phi) is 7.20. The van der Waals surface area contributed by atoms with E-state index < -0.39 is 32.8 Å². The van der Waals surface area contributed by atoms with Crippen molar-refractivity contribution in [2.24, 2.45) is 0 Å². The maximum Gasteiger partial charge on any atom is 0.288 e. The first-order valence-corrected chi connectivity index (χ1v) is 12.7. The number of piperazine rings is 1. The van der Waals surface area contributed by atoms with Gasteiger partial charge in [0.15, 0.2) is 5.76 Å². The zero-order chi connectivity index (χ0) is 25.9. The van der Waals surface area contributed by atoms with Crippen molar-refractivity contribution in [3.8, 4) is 0 Å². The largest absolute Gasteiger partial charge is 0.459 e. The van der Waals surface area contributed by atoms with Crippen molar-refractivity contribution in [1.29, 1.82) is 0 Å². The number of rotatable bonds is 6. The van der Waals surface area contributed by atoms with Crippen LogP contribution >= 0.6 is 0 Å². The van der Waals surface area contributed by atoms with Gasteiger partial charge in [-0.15, -0.1) is 0 Å². The van der Waals surface area contributed by atoms with Gasteiger partial charge in [0.05, 0.1) is 11.2 Å². The van der Waals surface area contributed by atoms with Crippen LogP contribution in [0, 0.1) is 12.7 Å². The highest BCUT2D eigenvalue weighted by Gasteiger charge is 2.40. The van der Waals surface area contributed by atoms with Crippen LogP contribution in [0.5, 0.6) is 0 Å². The fourth-order valence-electron chi connectivity index (χ4n) is 3.89. The summed E-state index contributed by atoms with van der Waals surface area (Å²) in [4.78, 5) is 41.4. The number of hydrogen-bond acceptors (Lipinski definition) is 6. The van der Waals surface area contributed by atoms with Crippen LogP contribution < -0.4 is 5.32 Å². The van der Waals surface area contributed by atoms with Gasteiger partial charge in [-0.1, -0.05) is 17.7 Å². The number of halogens is 1. The quantitative estimate of drug-likeness (QED) is 0.506. The van der Waals surface area contributed by atoms with E-state index in [0.717, 1.165) is 29.8 Å². The Balaban J connectivity index is 1.53. The van der Waals surface area contributed by atoms with Crippen molar-refractivity contribution >= 4 is 27.6 Å². The monoisotopic (exact) mass is 513 g/mol. The Bertz CT molecular complexity index is 1370. The fraction of sp³-hybridized carbons (Fsp3) is 0.240. The van der Waals surface area contributed by atoms with E-state index in [1.165, 1.54) is 23.3 Å². The lowest BCUT2D eigenvalue weighted by molar-refractivity contribution is -0.132. The lowest BCUT2D eigenvalue weighted by atomic mass is 10.1. The number of hydrogen-bond donors (Lipinski definition) is 1. The van der Waals surface area contributed by atoms with E-state index in [9.17, 15) is 27.2 Å². The summed E-state index contributed by atoms with van der Waals surface area (Å²) in [5, 5.41) is 0.277. The summed E-state index contributed by atoms with van der Waals surface area (Å²) in [7, 11) is -4.44. The highest BCUT2D eigenvalue weighted by atomic mass is 32.2. The van der Waals surface area contributed by atoms with Gasteiger partial charge in [0.1, 0.15) is 5.82 Å². The number of benzene rings is 2. The summed E-state index contributed by atoms with van der Waals surface area (Å²) in [6, 6.07) is 13.9. The van der Waals surface area contributed by atoms with Crippen LogP contribution in [-0.2, 0) is 14.6 Å². The second kappa shape index (κ2) is 10.3. The molecule has 2 heterocycles. The molecule has 1 saturated heterocycles. The number of carbonyl (C=O) groups is 3. The van der Waals surface area contributed by atoms with Gasteiger partial charge in [-0.2, -0.15) is 0 Å². The van der Waals surface area contributed by atoms with E-state index in [0.29, 0.717) is 5.56 Å². The molecule has 1 unspecified atom stereocenters. The van der Waals surface area contributed by atoms with Crippen molar-refractivity contribution in [2.75, 3.05) is 26.2 Å². The maximum atomic E-state index is 13.4. The zero-order valence-electron chi connectivity index (χ0n) is 19.4. The van der Waals surface area contributed by atoms with Crippen LogP contribution in [0.15, 0.2) is 76.2 Å². The molecule has 0 bridgehead atoms.